The minimum Gasteiger partial charge on any atom is -0.490 e. The van der Waals surface area contributed by atoms with Crippen LogP contribution in [0.4, 0.5) is 0 Å². The zero-order valence-electron chi connectivity index (χ0n) is 20.3. The first-order chi connectivity index (χ1) is 16.4. The van der Waals surface area contributed by atoms with Gasteiger partial charge in [-0.05, 0) is 75.4 Å². The third kappa shape index (κ3) is 5.11. The van der Waals surface area contributed by atoms with Crippen molar-refractivity contribution in [3.05, 3.63) is 88.5 Å². The molecule has 1 atom stereocenters. The number of benzene rings is 2. The molecule has 34 heavy (non-hydrogen) atoms. The van der Waals surface area contributed by atoms with Crippen LogP contribution in [0.1, 0.15) is 72.6 Å². The van der Waals surface area contributed by atoms with E-state index in [2.05, 4.69) is 46.1 Å². The fraction of sp³-hybridized carbons (Fsp3) is 0.321. The van der Waals surface area contributed by atoms with Crippen LogP contribution in [0.2, 0.25) is 0 Å². The van der Waals surface area contributed by atoms with Crippen molar-refractivity contribution in [1.82, 2.24) is 15.3 Å². The number of aliphatic imine (C=N–C) groups is 1. The Balaban J connectivity index is 1.53. The van der Waals surface area contributed by atoms with E-state index in [-0.39, 0.29) is 12.1 Å². The second-order valence-electron chi connectivity index (χ2n) is 8.99. The van der Waals surface area contributed by atoms with E-state index >= 15 is 0 Å². The number of fused-ring (bicyclic) bond motifs is 1. The van der Waals surface area contributed by atoms with E-state index in [0.717, 1.165) is 46.9 Å². The number of nitriles is 1. The molecule has 0 spiro atoms. The normalized spacial score (nSPS) is 15.3. The molecule has 3 aromatic rings. The zero-order valence-corrected chi connectivity index (χ0v) is 20.3. The van der Waals surface area contributed by atoms with Crippen molar-refractivity contribution in [3.8, 4) is 11.8 Å². The van der Waals surface area contributed by atoms with Crippen LogP contribution in [0.15, 0.2) is 54.2 Å². The molecule has 0 saturated carbocycles. The minimum atomic E-state index is 0.00850. The van der Waals surface area contributed by atoms with E-state index in [1.807, 2.05) is 52.1 Å². The molecular weight excluding hydrogens is 422 g/mol. The van der Waals surface area contributed by atoms with Gasteiger partial charge in [-0.25, -0.2) is 4.98 Å². The lowest BCUT2D eigenvalue weighted by Gasteiger charge is -2.15. The van der Waals surface area contributed by atoms with Gasteiger partial charge in [-0.1, -0.05) is 24.8 Å². The van der Waals surface area contributed by atoms with Crippen LogP contribution in [0, 0.1) is 18.3 Å². The molecule has 1 heterocycles. The second-order valence-corrected chi connectivity index (χ2v) is 8.99. The molecule has 6 nitrogen and oxygen atoms in total. The number of nitrogens with one attached hydrogen (secondary N) is 2. The monoisotopic (exact) mass is 453 g/mol. The van der Waals surface area contributed by atoms with Gasteiger partial charge in [0, 0.05) is 29.2 Å². The number of nitrogens with zero attached hydrogens (tertiary/aromatic N) is 3. The van der Waals surface area contributed by atoms with Gasteiger partial charge in [0.05, 0.1) is 23.9 Å². The van der Waals surface area contributed by atoms with Crippen molar-refractivity contribution in [2.75, 3.05) is 0 Å². The lowest BCUT2D eigenvalue weighted by atomic mass is 10.00. The minimum absolute atomic E-state index is 0.00850. The third-order valence-corrected chi connectivity index (χ3v) is 6.04. The summed E-state index contributed by atoms with van der Waals surface area (Å²) in [4.78, 5) is 12.5. The second kappa shape index (κ2) is 10.1. The summed E-state index contributed by atoms with van der Waals surface area (Å²) < 4.78 is 5.74. The van der Waals surface area contributed by atoms with Crippen molar-refractivity contribution in [1.29, 1.82) is 5.26 Å². The number of aromatic amines is 1. The fourth-order valence-electron chi connectivity index (χ4n) is 4.44. The highest BCUT2D eigenvalue weighted by Gasteiger charge is 2.25. The molecule has 0 unspecified atom stereocenters. The summed E-state index contributed by atoms with van der Waals surface area (Å²) in [7, 11) is 0. The quantitative estimate of drug-likeness (QED) is 0.433. The number of ether oxygens (including phenoxy) is 1. The maximum absolute atomic E-state index is 9.55. The molecule has 0 radical (unpaired) electrons. The van der Waals surface area contributed by atoms with Crippen molar-refractivity contribution in [2.24, 2.45) is 4.99 Å². The average Bonchev–Trinajstić information content (AvgIpc) is 3.42. The first-order valence-electron chi connectivity index (χ1n) is 11.7. The molecule has 0 saturated heterocycles. The van der Waals surface area contributed by atoms with Crippen LogP contribution in [0.3, 0.4) is 0 Å². The smallest absolute Gasteiger partial charge is 0.137 e. The Morgan fingerprint density at radius 3 is 2.88 bits per heavy atom. The molecule has 4 rings (SSSR count). The molecule has 2 N–H and O–H groups in total. The molecule has 1 aromatic heterocycles. The number of rotatable bonds is 8. The van der Waals surface area contributed by atoms with Gasteiger partial charge in [0.25, 0.3) is 0 Å². The van der Waals surface area contributed by atoms with Gasteiger partial charge >= 0.3 is 0 Å². The molecule has 0 bridgehead atoms. The number of imidazole rings is 1. The number of H-pyrrole nitrogens is 1. The van der Waals surface area contributed by atoms with E-state index in [9.17, 15) is 5.26 Å². The Hall–Kier alpha value is -3.69. The molecule has 174 valence electrons. The van der Waals surface area contributed by atoms with E-state index in [4.69, 9.17) is 9.73 Å². The Morgan fingerprint density at radius 1 is 1.35 bits per heavy atom. The predicted molar refractivity (Wildman–Crippen MR) is 136 cm³/mol. The summed E-state index contributed by atoms with van der Waals surface area (Å²) in [6, 6.07) is 14.5. The maximum atomic E-state index is 9.55. The number of aryl methyl sites for hydroxylation is 1. The van der Waals surface area contributed by atoms with Crippen LogP contribution in [0.5, 0.6) is 5.75 Å². The van der Waals surface area contributed by atoms with Gasteiger partial charge in [0.2, 0.25) is 0 Å². The molecular formula is C28H31N5O. The largest absolute Gasteiger partial charge is 0.490 e. The van der Waals surface area contributed by atoms with Gasteiger partial charge in [-0.15, -0.1) is 0 Å². The van der Waals surface area contributed by atoms with Crippen LogP contribution in [0.25, 0.3) is 5.70 Å². The highest BCUT2D eigenvalue weighted by atomic mass is 16.5. The van der Waals surface area contributed by atoms with Gasteiger partial charge in [0.1, 0.15) is 17.6 Å². The Kier molecular flexibility index (Phi) is 6.95. The van der Waals surface area contributed by atoms with Crippen molar-refractivity contribution in [3.63, 3.8) is 0 Å². The highest BCUT2D eigenvalue weighted by molar-refractivity contribution is 6.02. The Labute approximate surface area is 201 Å². The first-order valence-corrected chi connectivity index (χ1v) is 11.7. The van der Waals surface area contributed by atoms with E-state index in [1.54, 1.807) is 0 Å². The molecule has 1 aliphatic carbocycles. The van der Waals surface area contributed by atoms with Gasteiger partial charge in [-0.2, -0.15) is 5.26 Å². The van der Waals surface area contributed by atoms with Crippen LogP contribution < -0.4 is 10.1 Å². The van der Waals surface area contributed by atoms with Crippen LogP contribution in [-0.2, 0) is 13.0 Å². The van der Waals surface area contributed by atoms with Gasteiger partial charge < -0.3 is 15.0 Å². The Bertz CT molecular complexity index is 1280. The van der Waals surface area contributed by atoms with Crippen LogP contribution >= 0.6 is 0 Å². The van der Waals surface area contributed by atoms with Gasteiger partial charge in [-0.3, -0.25) is 4.99 Å². The van der Waals surface area contributed by atoms with E-state index < -0.39 is 0 Å². The van der Waals surface area contributed by atoms with Crippen LogP contribution in [-0.4, -0.2) is 21.8 Å². The SMILES string of the molecule is C=C(N=C(C)c1ccc(OC(C)C)c(C#N)c1)c1cccc2c1CC[C@@H]2NCc1ncc(C)[nH]1. The Morgan fingerprint density at radius 2 is 2.18 bits per heavy atom. The highest BCUT2D eigenvalue weighted by Crippen LogP contribution is 2.36. The fourth-order valence-corrected chi connectivity index (χ4v) is 4.44. The molecule has 0 amide bonds. The summed E-state index contributed by atoms with van der Waals surface area (Å²) in [6.07, 6.45) is 3.87. The predicted octanol–water partition coefficient (Wildman–Crippen LogP) is 5.63. The summed E-state index contributed by atoms with van der Waals surface area (Å²) in [5, 5.41) is 13.2. The first kappa shape index (κ1) is 23.5. The average molecular weight is 454 g/mol. The molecule has 1 aliphatic rings. The van der Waals surface area contributed by atoms with Crippen molar-refractivity contribution < 1.29 is 4.74 Å². The topological polar surface area (TPSA) is 86.1 Å². The maximum Gasteiger partial charge on any atom is 0.137 e. The summed E-state index contributed by atoms with van der Waals surface area (Å²) in [5.41, 5.74) is 7.69. The number of hydrogen-bond donors (Lipinski definition) is 2. The lowest BCUT2D eigenvalue weighted by Crippen LogP contribution is -2.19. The van der Waals surface area contributed by atoms with Crippen molar-refractivity contribution in [2.45, 2.75) is 59.2 Å². The molecule has 0 fully saturated rings. The van der Waals surface area contributed by atoms with E-state index in [1.165, 1.54) is 11.1 Å². The summed E-state index contributed by atoms with van der Waals surface area (Å²) in [5.74, 6) is 1.55. The summed E-state index contributed by atoms with van der Waals surface area (Å²) >= 11 is 0. The van der Waals surface area contributed by atoms with E-state index in [0.29, 0.717) is 17.9 Å². The summed E-state index contributed by atoms with van der Waals surface area (Å²) in [6.45, 7) is 12.8. The molecule has 6 heteroatoms. The molecule has 0 aliphatic heterocycles. The standard InChI is InChI=1S/C28H31N5O/c1-17(2)34-27-12-9-21(13-22(27)14-29)19(4)33-20(5)23-7-6-8-25-24(23)10-11-26(25)30-16-28-31-15-18(3)32-28/h6-9,12-13,15,17,26,30H,5,10-11,16H2,1-4H3,(H,31,32)/t26-/m0/s1. The number of aromatic nitrogens is 2. The van der Waals surface area contributed by atoms with Crippen molar-refractivity contribution >= 4 is 11.4 Å². The third-order valence-electron chi connectivity index (χ3n) is 6.04. The molecule has 2 aromatic carbocycles. The lowest BCUT2D eigenvalue weighted by molar-refractivity contribution is 0.241. The number of hydrogen-bond acceptors (Lipinski definition) is 5. The zero-order chi connectivity index (χ0) is 24.2. The van der Waals surface area contributed by atoms with Gasteiger partial charge in [0.15, 0.2) is 0 Å².